The molecular weight excluding hydrogens is 548 g/mol. The molecule has 1 amide bonds. The molecule has 0 aliphatic heterocycles. The number of aromatic nitrogens is 3. The van der Waals surface area contributed by atoms with Crippen molar-refractivity contribution in [3.8, 4) is 11.1 Å². The predicted octanol–water partition coefficient (Wildman–Crippen LogP) is 5.13. The third kappa shape index (κ3) is 6.36. The maximum absolute atomic E-state index is 15.2. The Bertz CT molecular complexity index is 1510. The highest BCUT2D eigenvalue weighted by Gasteiger charge is 2.41. The fraction of sp³-hybridized carbons (Fsp3) is 0.259. The minimum absolute atomic E-state index is 0.00116. The molecule has 4 rings (SSSR count). The molecule has 4 aromatic rings. The van der Waals surface area contributed by atoms with Crippen molar-refractivity contribution in [2.24, 2.45) is 5.92 Å². The molecule has 12 heteroatoms. The average Bonchev–Trinajstić information content (AvgIpc) is 3.38. The average molecular weight is 574 g/mol. The van der Waals surface area contributed by atoms with Crippen molar-refractivity contribution in [3.63, 3.8) is 0 Å². The Hall–Kier alpha value is -3.57. The van der Waals surface area contributed by atoms with Crippen LogP contribution in [0.2, 0.25) is 10.0 Å². The second-order valence-electron chi connectivity index (χ2n) is 9.50. The van der Waals surface area contributed by atoms with Crippen LogP contribution in [0.15, 0.2) is 54.6 Å². The van der Waals surface area contributed by atoms with E-state index >= 15 is 4.39 Å². The summed E-state index contributed by atoms with van der Waals surface area (Å²) in [5.41, 5.74) is 2.13. The van der Waals surface area contributed by atoms with Gasteiger partial charge in [-0.05, 0) is 48.2 Å². The summed E-state index contributed by atoms with van der Waals surface area (Å²) < 4.78 is 20.4. The van der Waals surface area contributed by atoms with E-state index in [1.807, 2.05) is 19.9 Å². The smallest absolute Gasteiger partial charge is 0.355 e. The summed E-state index contributed by atoms with van der Waals surface area (Å²) in [5, 5.41) is 22.7. The van der Waals surface area contributed by atoms with Crippen molar-refractivity contribution >= 4 is 46.1 Å². The lowest BCUT2D eigenvalue weighted by atomic mass is 10.0. The number of fused-ring (bicyclic) bond motifs is 1. The van der Waals surface area contributed by atoms with Crippen LogP contribution >= 0.6 is 23.2 Å². The van der Waals surface area contributed by atoms with Crippen LogP contribution in [0.5, 0.6) is 0 Å². The van der Waals surface area contributed by atoms with Crippen LogP contribution in [0.4, 0.5) is 4.39 Å². The number of nitrogens with one attached hydrogen (secondary N) is 2. The summed E-state index contributed by atoms with van der Waals surface area (Å²) in [7, 11) is 0. The summed E-state index contributed by atoms with van der Waals surface area (Å²) in [6.45, 7) is 4.53. The molecule has 1 heterocycles. The first-order valence-corrected chi connectivity index (χ1v) is 12.7. The van der Waals surface area contributed by atoms with E-state index in [1.54, 1.807) is 24.3 Å². The number of carbonyl (C=O) groups excluding carboxylic acids is 2. The number of hydrazine groups is 1. The van der Waals surface area contributed by atoms with E-state index in [0.717, 1.165) is 11.9 Å². The van der Waals surface area contributed by atoms with Gasteiger partial charge in [0.15, 0.2) is 0 Å². The Morgan fingerprint density at radius 2 is 1.87 bits per heavy atom. The number of esters is 1. The number of aliphatic hydroxyl groups is 1. The van der Waals surface area contributed by atoms with Gasteiger partial charge in [0, 0.05) is 22.7 Å². The zero-order valence-corrected chi connectivity index (χ0v) is 22.8. The molecule has 1 aromatic heterocycles. The van der Waals surface area contributed by atoms with E-state index in [9.17, 15) is 14.7 Å². The standard InChI is InChI=1S/C27H26Cl2FN5O4/c1-15(2)14-39-26(37)27(3,38)35(33-25(36)17-9-21(29)24-23(11-17)31-34-32-24)13-18-10-22(30)19(12-20(18)28)16-7-5-4-6-8-16/h4-12,15,38H,13-14H2,1-3H3,(H,33,36)(H,31,32,34). The number of nitrogens with zero attached hydrogens (tertiary/aromatic N) is 3. The van der Waals surface area contributed by atoms with Gasteiger partial charge in [0.1, 0.15) is 11.3 Å². The third-order valence-corrected chi connectivity index (χ3v) is 6.53. The maximum atomic E-state index is 15.2. The number of ether oxygens (including phenoxy) is 1. The van der Waals surface area contributed by atoms with E-state index in [4.69, 9.17) is 27.9 Å². The lowest BCUT2D eigenvalue weighted by Crippen LogP contribution is -2.60. The molecule has 39 heavy (non-hydrogen) atoms. The van der Waals surface area contributed by atoms with Crippen molar-refractivity contribution in [2.75, 3.05) is 6.61 Å². The number of amides is 1. The molecule has 0 saturated carbocycles. The SMILES string of the molecule is CC(C)COC(=O)C(C)(O)N(Cc1cc(F)c(-c2ccccc2)cc1Cl)NC(=O)c1cc(Cl)c2nn[nH]c2c1. The molecule has 3 aromatic carbocycles. The van der Waals surface area contributed by atoms with Crippen LogP contribution in [-0.2, 0) is 16.1 Å². The summed E-state index contributed by atoms with van der Waals surface area (Å²) in [6.07, 6.45) is 0. The van der Waals surface area contributed by atoms with Gasteiger partial charge in [-0.15, -0.1) is 5.10 Å². The molecule has 0 fully saturated rings. The Labute approximate surface area is 233 Å². The van der Waals surface area contributed by atoms with Crippen LogP contribution in [0.25, 0.3) is 22.2 Å². The zero-order chi connectivity index (χ0) is 28.3. The Morgan fingerprint density at radius 3 is 2.56 bits per heavy atom. The van der Waals surface area contributed by atoms with E-state index in [-0.39, 0.29) is 45.8 Å². The van der Waals surface area contributed by atoms with Crippen LogP contribution in [0.3, 0.4) is 0 Å². The predicted molar refractivity (Wildman–Crippen MR) is 145 cm³/mol. The molecule has 3 N–H and O–H groups in total. The van der Waals surface area contributed by atoms with Gasteiger partial charge in [-0.2, -0.15) is 5.01 Å². The van der Waals surface area contributed by atoms with E-state index < -0.39 is 23.4 Å². The van der Waals surface area contributed by atoms with Crippen molar-refractivity contribution < 1.29 is 23.8 Å². The van der Waals surface area contributed by atoms with E-state index in [0.29, 0.717) is 16.6 Å². The highest BCUT2D eigenvalue weighted by molar-refractivity contribution is 6.35. The topological polar surface area (TPSA) is 120 Å². The van der Waals surface area contributed by atoms with Crippen LogP contribution in [-0.4, -0.2) is 49.7 Å². The number of halogens is 3. The summed E-state index contributed by atoms with van der Waals surface area (Å²) in [4.78, 5) is 26.1. The maximum Gasteiger partial charge on any atom is 0.355 e. The van der Waals surface area contributed by atoms with Crippen LogP contribution < -0.4 is 5.43 Å². The third-order valence-electron chi connectivity index (χ3n) is 5.89. The first kappa shape index (κ1) is 28.4. The van der Waals surface area contributed by atoms with Gasteiger partial charge in [-0.1, -0.05) is 72.6 Å². The normalized spacial score (nSPS) is 13.1. The quantitative estimate of drug-likeness (QED) is 0.144. The fourth-order valence-electron chi connectivity index (χ4n) is 3.74. The van der Waals surface area contributed by atoms with Crippen molar-refractivity contribution in [3.05, 3.63) is 81.6 Å². The molecule has 0 bridgehead atoms. The Kier molecular flexibility index (Phi) is 8.51. The van der Waals surface area contributed by atoms with E-state index in [1.165, 1.54) is 24.3 Å². The number of H-pyrrole nitrogens is 1. The molecule has 1 unspecified atom stereocenters. The van der Waals surface area contributed by atoms with Gasteiger partial charge in [0.05, 0.1) is 17.1 Å². The highest BCUT2D eigenvalue weighted by atomic mass is 35.5. The summed E-state index contributed by atoms with van der Waals surface area (Å²) in [5.74, 6) is -2.31. The minimum atomic E-state index is -2.36. The number of hydrogen-bond acceptors (Lipinski definition) is 7. The number of carbonyl (C=O) groups is 2. The molecule has 1 atom stereocenters. The van der Waals surface area contributed by atoms with Crippen molar-refractivity contribution in [2.45, 2.75) is 33.0 Å². The Balaban J connectivity index is 1.67. The molecule has 0 radical (unpaired) electrons. The number of rotatable bonds is 9. The molecule has 204 valence electrons. The first-order chi connectivity index (χ1) is 18.5. The molecular formula is C27H26Cl2FN5O4. The lowest BCUT2D eigenvalue weighted by Gasteiger charge is -2.35. The summed E-state index contributed by atoms with van der Waals surface area (Å²) >= 11 is 12.7. The van der Waals surface area contributed by atoms with Gasteiger partial charge in [-0.3, -0.25) is 15.3 Å². The molecule has 0 saturated heterocycles. The monoisotopic (exact) mass is 573 g/mol. The fourth-order valence-corrected chi connectivity index (χ4v) is 4.22. The second-order valence-corrected chi connectivity index (χ2v) is 10.3. The first-order valence-electron chi connectivity index (χ1n) is 12.0. The molecule has 0 aliphatic rings. The number of benzene rings is 3. The van der Waals surface area contributed by atoms with Gasteiger partial charge in [-0.25, -0.2) is 9.18 Å². The van der Waals surface area contributed by atoms with Gasteiger partial charge in [0.2, 0.25) is 5.72 Å². The van der Waals surface area contributed by atoms with Gasteiger partial charge in [0.25, 0.3) is 5.91 Å². The van der Waals surface area contributed by atoms with Crippen molar-refractivity contribution in [1.82, 2.24) is 25.8 Å². The summed E-state index contributed by atoms with van der Waals surface area (Å²) in [6, 6.07) is 14.3. The van der Waals surface area contributed by atoms with Gasteiger partial charge >= 0.3 is 5.97 Å². The largest absolute Gasteiger partial charge is 0.462 e. The Morgan fingerprint density at radius 1 is 1.15 bits per heavy atom. The number of aromatic amines is 1. The minimum Gasteiger partial charge on any atom is -0.462 e. The number of hydrogen-bond donors (Lipinski definition) is 3. The van der Waals surface area contributed by atoms with Crippen molar-refractivity contribution in [1.29, 1.82) is 0 Å². The molecule has 0 aliphatic carbocycles. The van der Waals surface area contributed by atoms with E-state index in [2.05, 4.69) is 20.8 Å². The van der Waals surface area contributed by atoms with Gasteiger partial charge < -0.3 is 9.84 Å². The zero-order valence-electron chi connectivity index (χ0n) is 21.3. The van der Waals surface area contributed by atoms with Crippen LogP contribution in [0.1, 0.15) is 36.7 Å². The molecule has 9 nitrogen and oxygen atoms in total. The second kappa shape index (κ2) is 11.7. The lowest BCUT2D eigenvalue weighted by molar-refractivity contribution is -0.193. The van der Waals surface area contributed by atoms with Crippen LogP contribution in [0, 0.1) is 11.7 Å². The highest BCUT2D eigenvalue weighted by Crippen LogP contribution is 2.31. The molecule has 0 spiro atoms.